The highest BCUT2D eigenvalue weighted by molar-refractivity contribution is 9.14. The summed E-state index contributed by atoms with van der Waals surface area (Å²) in [6, 6.07) is 25.5. The first-order valence-electron chi connectivity index (χ1n) is 24.3. The molecule has 0 aliphatic rings. The molecule has 8 nitrogen and oxygen atoms in total. The van der Waals surface area contributed by atoms with Gasteiger partial charge in [0.2, 0.25) is 0 Å². The maximum atomic E-state index is 6.97. The van der Waals surface area contributed by atoms with Crippen molar-refractivity contribution in [1.29, 1.82) is 0 Å². The van der Waals surface area contributed by atoms with Gasteiger partial charge in [-0.05, 0) is 206 Å². The Morgan fingerprint density at radius 1 is 0.348 bits per heavy atom. The van der Waals surface area contributed by atoms with Crippen molar-refractivity contribution in [3.05, 3.63) is 113 Å². The van der Waals surface area contributed by atoms with Crippen LogP contribution in [0.3, 0.4) is 0 Å². The van der Waals surface area contributed by atoms with Gasteiger partial charge in [-0.25, -0.2) is 0 Å². The van der Waals surface area contributed by atoms with E-state index in [0.717, 1.165) is 146 Å². The summed E-state index contributed by atoms with van der Waals surface area (Å²) in [4.78, 5) is 0. The van der Waals surface area contributed by atoms with Gasteiger partial charge in [0.15, 0.2) is 28.6 Å². The summed E-state index contributed by atoms with van der Waals surface area (Å²) >= 11 is 16.4. The van der Waals surface area contributed by atoms with Gasteiger partial charge in [0.1, 0.15) is 17.2 Å². The van der Waals surface area contributed by atoms with Crippen LogP contribution in [0.5, 0.6) is 23.0 Å². The minimum absolute atomic E-state index is 0.462. The van der Waals surface area contributed by atoms with E-state index in [9.17, 15) is 0 Å². The van der Waals surface area contributed by atoms with Crippen LogP contribution in [0, 0.1) is 0 Å². The lowest BCUT2D eigenvalue weighted by Crippen LogP contribution is -2.49. The van der Waals surface area contributed by atoms with Crippen LogP contribution in [0.4, 0.5) is 0 Å². The van der Waals surface area contributed by atoms with E-state index < -0.39 is 22.9 Å². The molecule has 66 heavy (non-hydrogen) atoms. The Labute approximate surface area is 431 Å². The molecule has 364 valence electrons. The number of halogens is 4. The molecule has 0 aliphatic carbocycles. The predicted octanol–water partition coefficient (Wildman–Crippen LogP) is 15.8. The van der Waals surface area contributed by atoms with Crippen molar-refractivity contribution >= 4 is 74.9 Å². The Balaban J connectivity index is 2.14. The van der Waals surface area contributed by atoms with E-state index in [1.807, 2.05) is 0 Å². The summed E-state index contributed by atoms with van der Waals surface area (Å²) in [6.07, 6.45) is 6.53. The zero-order valence-electron chi connectivity index (χ0n) is 41.6. The third-order valence-corrected chi connectivity index (χ3v) is 17.1. The smallest absolute Gasteiger partial charge is 0.160 e. The normalized spacial score (nSPS) is 12.3. The van der Waals surface area contributed by atoms with Crippen molar-refractivity contribution in [3.8, 4) is 23.0 Å². The van der Waals surface area contributed by atoms with E-state index >= 15 is 0 Å². The van der Waals surface area contributed by atoms with Crippen molar-refractivity contribution in [2.45, 2.75) is 157 Å². The molecule has 0 atom stereocenters. The van der Waals surface area contributed by atoms with Gasteiger partial charge in [-0.15, -0.1) is 0 Å². The Hall–Kier alpha value is -2.42. The number of nitrogens with one attached hydrogen (secondary N) is 4. The van der Waals surface area contributed by atoms with Crippen LogP contribution in [-0.2, 0) is 0 Å². The summed E-state index contributed by atoms with van der Waals surface area (Å²) in [5.74, 6) is 3.09. The molecule has 0 unspecified atom stereocenters. The standard InChI is InChI=1S/C54H76Br4N4O4/c1-13-51(14-2,59-21-9)63-40-31-25-37(26-32-40)43(38-27-33-41(34-28-38)64-52(15-3,16-4)60-22-10)44(39-29-35-42(36-30-39)65-53(17-5,18-6)61-23-11)45-46(55)48(57)50(49(58)47(45)56)66-54(19-7,20-8)62-24-12/h25-36,59-62H,13-24H2,1-12H3. The number of ether oxygens (including phenoxy) is 4. The predicted molar refractivity (Wildman–Crippen MR) is 292 cm³/mol. The van der Waals surface area contributed by atoms with Crippen molar-refractivity contribution < 1.29 is 18.9 Å². The SMILES string of the molecule is CCNC(CC)(CC)Oc1ccc(C(=C(c2ccc(OC(CC)(CC)NCC)cc2)c2c(Br)c(Br)c(OC(CC)(CC)NCC)c(Br)c2Br)c2ccc(OC(CC)(CC)NCC)cc2)cc1. The zero-order chi connectivity index (χ0) is 48.7. The molecule has 4 aromatic rings. The fraction of sp³-hybridized carbons (Fsp3) is 0.519. The molecular formula is C54H76Br4N4O4. The van der Waals surface area contributed by atoms with Gasteiger partial charge in [-0.2, -0.15) is 0 Å². The first kappa shape index (κ1) is 56.2. The molecular weight excluding hydrogens is 1090 g/mol. The number of hydrogen-bond donors (Lipinski definition) is 4. The largest absolute Gasteiger partial charge is 0.473 e. The minimum Gasteiger partial charge on any atom is -0.473 e. The average molecular weight is 1160 g/mol. The second kappa shape index (κ2) is 26.0. The van der Waals surface area contributed by atoms with Crippen LogP contribution in [-0.4, -0.2) is 49.1 Å². The Morgan fingerprint density at radius 3 is 0.833 bits per heavy atom. The number of hydrogen-bond acceptors (Lipinski definition) is 8. The van der Waals surface area contributed by atoms with Crippen molar-refractivity contribution in [2.75, 3.05) is 26.2 Å². The van der Waals surface area contributed by atoms with Gasteiger partial charge in [0, 0.05) is 14.5 Å². The van der Waals surface area contributed by atoms with E-state index in [1.54, 1.807) is 0 Å². The molecule has 0 spiro atoms. The second-order valence-corrected chi connectivity index (χ2v) is 19.8. The van der Waals surface area contributed by atoms with Gasteiger partial charge >= 0.3 is 0 Å². The van der Waals surface area contributed by atoms with Gasteiger partial charge in [0.25, 0.3) is 0 Å². The van der Waals surface area contributed by atoms with E-state index in [2.05, 4.69) is 241 Å². The molecule has 4 rings (SSSR count). The first-order valence-corrected chi connectivity index (χ1v) is 27.5. The maximum absolute atomic E-state index is 6.97. The van der Waals surface area contributed by atoms with Crippen LogP contribution < -0.4 is 40.2 Å². The number of benzene rings is 4. The highest BCUT2D eigenvalue weighted by atomic mass is 79.9. The Morgan fingerprint density at radius 2 is 0.591 bits per heavy atom. The van der Waals surface area contributed by atoms with Crippen LogP contribution in [0.25, 0.3) is 11.1 Å². The lowest BCUT2D eigenvalue weighted by Gasteiger charge is -2.35. The fourth-order valence-corrected chi connectivity index (χ4v) is 11.4. The maximum Gasteiger partial charge on any atom is 0.160 e. The lowest BCUT2D eigenvalue weighted by molar-refractivity contribution is 0.0248. The quantitative estimate of drug-likeness (QED) is 0.0254. The minimum atomic E-state index is -0.564. The molecule has 0 saturated carbocycles. The number of rotatable bonds is 28. The van der Waals surface area contributed by atoms with Gasteiger partial charge in [0.05, 0.1) is 8.95 Å². The zero-order valence-corrected chi connectivity index (χ0v) is 47.9. The van der Waals surface area contributed by atoms with Gasteiger partial charge < -0.3 is 18.9 Å². The third-order valence-electron chi connectivity index (χ3n) is 13.0. The van der Waals surface area contributed by atoms with E-state index in [1.165, 1.54) is 0 Å². The summed E-state index contributed by atoms with van der Waals surface area (Å²) in [7, 11) is 0. The van der Waals surface area contributed by atoms with Crippen molar-refractivity contribution in [3.63, 3.8) is 0 Å². The third kappa shape index (κ3) is 13.1. The summed E-state index contributed by atoms with van der Waals surface area (Å²) in [6.45, 7) is 29.0. The molecule has 0 aromatic heterocycles. The van der Waals surface area contributed by atoms with E-state index in [-0.39, 0.29) is 0 Å². The molecule has 0 radical (unpaired) electrons. The van der Waals surface area contributed by atoms with Gasteiger partial charge in [-0.1, -0.05) is 119 Å². The summed E-state index contributed by atoms with van der Waals surface area (Å²) in [5, 5.41) is 14.4. The van der Waals surface area contributed by atoms with E-state index in [0.29, 0.717) is 5.75 Å². The second-order valence-electron chi connectivity index (χ2n) is 16.6. The monoisotopic (exact) mass is 1160 g/mol. The van der Waals surface area contributed by atoms with E-state index in [4.69, 9.17) is 18.9 Å². The van der Waals surface area contributed by atoms with Crippen LogP contribution >= 0.6 is 63.7 Å². The molecule has 4 aromatic carbocycles. The molecule has 4 N–H and O–H groups in total. The topological polar surface area (TPSA) is 85.0 Å². The highest BCUT2D eigenvalue weighted by Gasteiger charge is 2.34. The molecule has 12 heteroatoms. The van der Waals surface area contributed by atoms with Crippen molar-refractivity contribution in [2.24, 2.45) is 0 Å². The first-order chi connectivity index (χ1) is 31.7. The molecule has 0 bridgehead atoms. The van der Waals surface area contributed by atoms with Crippen LogP contribution in [0.15, 0.2) is 90.7 Å². The molecule has 0 fully saturated rings. The molecule has 0 saturated heterocycles. The van der Waals surface area contributed by atoms with Crippen LogP contribution in [0.2, 0.25) is 0 Å². The molecule has 0 aliphatic heterocycles. The molecule has 0 heterocycles. The Bertz CT molecular complexity index is 2050. The van der Waals surface area contributed by atoms with Gasteiger partial charge in [-0.3, -0.25) is 21.3 Å². The average Bonchev–Trinajstić information content (AvgIpc) is 3.34. The fourth-order valence-electron chi connectivity index (χ4n) is 8.74. The lowest BCUT2D eigenvalue weighted by atomic mass is 9.85. The molecule has 0 amide bonds. The van der Waals surface area contributed by atoms with Crippen molar-refractivity contribution in [1.82, 2.24) is 21.3 Å². The Kier molecular flexibility index (Phi) is 22.1. The summed E-state index contributed by atoms with van der Waals surface area (Å²) in [5.41, 5.74) is 3.98. The summed E-state index contributed by atoms with van der Waals surface area (Å²) < 4.78 is 30.5. The van der Waals surface area contributed by atoms with Crippen LogP contribution in [0.1, 0.15) is 157 Å². The highest BCUT2D eigenvalue weighted by Crippen LogP contribution is 2.53.